The first-order valence-electron chi connectivity index (χ1n) is 10.8. The van der Waals surface area contributed by atoms with Crippen LogP contribution in [0.3, 0.4) is 0 Å². The van der Waals surface area contributed by atoms with Gasteiger partial charge >= 0.3 is 0 Å². The predicted octanol–water partition coefficient (Wildman–Crippen LogP) is 4.33. The maximum atomic E-state index is 13.3. The molecule has 0 aliphatic heterocycles. The number of aryl methyl sites for hydroxylation is 2. The molecule has 0 unspecified atom stereocenters. The van der Waals surface area contributed by atoms with Crippen LogP contribution in [-0.2, 0) is 4.79 Å². The number of rotatable bonds is 5. The average molecular weight is 402 g/mol. The summed E-state index contributed by atoms with van der Waals surface area (Å²) < 4.78 is 1.95. The van der Waals surface area contributed by atoms with E-state index in [0.29, 0.717) is 23.6 Å². The van der Waals surface area contributed by atoms with Crippen molar-refractivity contribution in [2.24, 2.45) is 0 Å². The molecule has 0 N–H and O–H groups in total. The first-order chi connectivity index (χ1) is 13.6. The van der Waals surface area contributed by atoms with Gasteiger partial charge in [0.2, 0.25) is 5.91 Å². The molecule has 152 valence electrons. The second-order valence-corrected chi connectivity index (χ2v) is 9.27. The van der Waals surface area contributed by atoms with E-state index in [-0.39, 0.29) is 5.91 Å². The van der Waals surface area contributed by atoms with Crippen LogP contribution in [0, 0.1) is 13.8 Å². The van der Waals surface area contributed by atoms with Gasteiger partial charge in [-0.25, -0.2) is 4.98 Å². The minimum Gasteiger partial charge on any atom is -0.336 e. The van der Waals surface area contributed by atoms with Gasteiger partial charge in [-0.3, -0.25) is 9.20 Å². The largest absolute Gasteiger partial charge is 0.336 e. The molecule has 2 saturated carbocycles. The summed E-state index contributed by atoms with van der Waals surface area (Å²) in [5.41, 5.74) is 1.99. The van der Waals surface area contributed by atoms with E-state index in [4.69, 9.17) is 0 Å². The van der Waals surface area contributed by atoms with Crippen LogP contribution >= 0.6 is 11.8 Å². The lowest BCUT2D eigenvalue weighted by Gasteiger charge is -2.41. The summed E-state index contributed by atoms with van der Waals surface area (Å²) >= 11 is 1.50. The molecule has 1 amide bonds. The van der Waals surface area contributed by atoms with Crippen molar-refractivity contribution < 1.29 is 4.79 Å². The van der Waals surface area contributed by atoms with Crippen molar-refractivity contribution in [1.29, 1.82) is 0 Å². The Balaban J connectivity index is 1.49. The molecule has 0 radical (unpaired) electrons. The van der Waals surface area contributed by atoms with Gasteiger partial charge in [0, 0.05) is 23.5 Å². The minimum absolute atomic E-state index is 0.276. The third kappa shape index (κ3) is 4.19. The Hall–Kier alpha value is -1.63. The third-order valence-corrected chi connectivity index (χ3v) is 7.13. The fourth-order valence-electron chi connectivity index (χ4n) is 4.92. The van der Waals surface area contributed by atoms with Gasteiger partial charge in [0.1, 0.15) is 0 Å². The summed E-state index contributed by atoms with van der Waals surface area (Å²) in [4.78, 5) is 20.1. The Kier molecular flexibility index (Phi) is 6.19. The summed E-state index contributed by atoms with van der Waals surface area (Å²) in [5, 5.41) is 9.26. The molecule has 0 saturated heterocycles. The molecule has 0 aromatic carbocycles. The quantitative estimate of drug-likeness (QED) is 0.698. The summed E-state index contributed by atoms with van der Waals surface area (Å²) in [5.74, 6) is 1.32. The molecule has 2 aliphatic rings. The highest BCUT2D eigenvalue weighted by Crippen LogP contribution is 2.31. The van der Waals surface area contributed by atoms with Crippen LogP contribution in [-0.4, -0.2) is 48.2 Å². The second-order valence-electron chi connectivity index (χ2n) is 8.33. The van der Waals surface area contributed by atoms with E-state index in [2.05, 4.69) is 20.1 Å². The molecular formula is C21H31N5OS. The highest BCUT2D eigenvalue weighted by molar-refractivity contribution is 7.99. The maximum Gasteiger partial charge on any atom is 0.256 e. The third-order valence-electron chi connectivity index (χ3n) is 6.21. The molecular weight excluding hydrogens is 370 g/mol. The molecule has 0 bridgehead atoms. The average Bonchev–Trinajstić information content (AvgIpc) is 3.11. The van der Waals surface area contributed by atoms with Crippen molar-refractivity contribution in [1.82, 2.24) is 24.5 Å². The van der Waals surface area contributed by atoms with E-state index >= 15 is 0 Å². The van der Waals surface area contributed by atoms with Gasteiger partial charge in [-0.1, -0.05) is 50.3 Å². The molecule has 0 spiro atoms. The van der Waals surface area contributed by atoms with Gasteiger partial charge in [-0.2, -0.15) is 0 Å². The summed E-state index contributed by atoms with van der Waals surface area (Å²) in [6.07, 6.45) is 12.3. The first-order valence-corrected chi connectivity index (χ1v) is 11.8. The maximum absolute atomic E-state index is 13.3. The van der Waals surface area contributed by atoms with Crippen LogP contribution in [0.15, 0.2) is 11.2 Å². The van der Waals surface area contributed by atoms with Crippen LogP contribution in [0.25, 0.3) is 5.78 Å². The molecule has 2 aromatic heterocycles. The normalized spacial score (nSPS) is 19.2. The zero-order chi connectivity index (χ0) is 19.5. The zero-order valence-electron chi connectivity index (χ0n) is 17.1. The van der Waals surface area contributed by atoms with Crippen molar-refractivity contribution in [3.63, 3.8) is 0 Å². The fourth-order valence-corrected chi connectivity index (χ4v) is 5.77. The molecule has 4 rings (SSSR count). The molecule has 2 heterocycles. The smallest absolute Gasteiger partial charge is 0.256 e. The van der Waals surface area contributed by atoms with E-state index in [0.717, 1.165) is 16.5 Å². The van der Waals surface area contributed by atoms with E-state index in [1.807, 2.05) is 24.3 Å². The van der Waals surface area contributed by atoms with Gasteiger partial charge in [0.05, 0.1) is 5.75 Å². The number of carbonyl (C=O) groups is 1. The van der Waals surface area contributed by atoms with Crippen molar-refractivity contribution in [2.45, 2.75) is 95.3 Å². The highest BCUT2D eigenvalue weighted by atomic mass is 32.2. The Labute approximate surface area is 171 Å². The minimum atomic E-state index is 0.276. The van der Waals surface area contributed by atoms with E-state index in [9.17, 15) is 4.79 Å². The standard InChI is InChI=1S/C21H31N5OS/c1-15-13-16(2)25-20(22-15)23-24-21(25)28-14-19(27)26(17-9-5-3-6-10-17)18-11-7-4-8-12-18/h13,17-18H,3-12,14H2,1-2H3. The van der Waals surface area contributed by atoms with Crippen LogP contribution < -0.4 is 0 Å². The van der Waals surface area contributed by atoms with Crippen molar-refractivity contribution in [3.05, 3.63) is 17.5 Å². The van der Waals surface area contributed by atoms with Gasteiger partial charge in [-0.15, -0.1) is 10.2 Å². The number of nitrogens with zero attached hydrogens (tertiary/aromatic N) is 5. The number of amides is 1. The van der Waals surface area contributed by atoms with Crippen molar-refractivity contribution >= 4 is 23.4 Å². The Bertz CT molecular complexity index is 806. The van der Waals surface area contributed by atoms with Crippen molar-refractivity contribution in [3.8, 4) is 0 Å². The second kappa shape index (κ2) is 8.80. The fraction of sp³-hybridized carbons (Fsp3) is 0.714. The Morgan fingerprint density at radius 1 is 1.04 bits per heavy atom. The van der Waals surface area contributed by atoms with Gasteiger partial charge in [0.15, 0.2) is 5.16 Å². The zero-order valence-corrected chi connectivity index (χ0v) is 17.9. The summed E-state index contributed by atoms with van der Waals surface area (Å²) in [6.45, 7) is 4.00. The number of hydrogen-bond acceptors (Lipinski definition) is 5. The highest BCUT2D eigenvalue weighted by Gasteiger charge is 2.32. The first kappa shape index (κ1) is 19.7. The number of aromatic nitrogens is 4. The van der Waals surface area contributed by atoms with Crippen LogP contribution in [0.5, 0.6) is 0 Å². The topological polar surface area (TPSA) is 63.4 Å². The Morgan fingerprint density at radius 3 is 2.25 bits per heavy atom. The molecule has 28 heavy (non-hydrogen) atoms. The molecule has 2 fully saturated rings. The number of fused-ring (bicyclic) bond motifs is 1. The van der Waals surface area contributed by atoms with Crippen LogP contribution in [0.4, 0.5) is 0 Å². The van der Waals surface area contributed by atoms with Gasteiger partial charge in [-0.05, 0) is 45.6 Å². The summed E-state index contributed by atoms with van der Waals surface area (Å²) in [7, 11) is 0. The molecule has 2 aromatic rings. The lowest BCUT2D eigenvalue weighted by Crippen LogP contribution is -2.49. The SMILES string of the molecule is Cc1cc(C)n2c(SCC(=O)N(C3CCCCC3)C3CCCCC3)nnc2n1. The number of hydrogen-bond donors (Lipinski definition) is 0. The van der Waals surface area contributed by atoms with Crippen LogP contribution in [0.2, 0.25) is 0 Å². The van der Waals surface area contributed by atoms with Crippen molar-refractivity contribution in [2.75, 3.05) is 5.75 Å². The lowest BCUT2D eigenvalue weighted by atomic mass is 9.88. The molecule has 6 nitrogen and oxygen atoms in total. The Morgan fingerprint density at radius 2 is 1.64 bits per heavy atom. The predicted molar refractivity (Wildman–Crippen MR) is 112 cm³/mol. The summed E-state index contributed by atoms with van der Waals surface area (Å²) in [6, 6.07) is 2.90. The van der Waals surface area contributed by atoms with E-state index < -0.39 is 0 Å². The number of thioether (sulfide) groups is 1. The van der Waals surface area contributed by atoms with Gasteiger partial charge < -0.3 is 4.90 Å². The number of carbonyl (C=O) groups excluding carboxylic acids is 1. The monoisotopic (exact) mass is 401 g/mol. The molecule has 0 atom stereocenters. The molecule has 7 heteroatoms. The van der Waals surface area contributed by atoms with E-state index in [1.54, 1.807) is 0 Å². The molecule has 2 aliphatic carbocycles. The van der Waals surface area contributed by atoms with Gasteiger partial charge in [0.25, 0.3) is 5.78 Å². The lowest BCUT2D eigenvalue weighted by molar-refractivity contribution is -0.135. The van der Waals surface area contributed by atoms with Crippen LogP contribution in [0.1, 0.15) is 75.6 Å². The van der Waals surface area contributed by atoms with E-state index in [1.165, 1.54) is 76.0 Å².